The summed E-state index contributed by atoms with van der Waals surface area (Å²) in [4.78, 5) is 21.7. The molecular formula is C20H19N3O3S. The van der Waals surface area contributed by atoms with E-state index in [1.165, 1.54) is 0 Å². The molecule has 0 saturated carbocycles. The molecule has 0 spiro atoms. The molecule has 0 aliphatic carbocycles. The first kappa shape index (κ1) is 16.8. The minimum absolute atomic E-state index is 0.121. The van der Waals surface area contributed by atoms with E-state index in [-0.39, 0.29) is 11.8 Å². The van der Waals surface area contributed by atoms with Gasteiger partial charge in [0.2, 0.25) is 0 Å². The van der Waals surface area contributed by atoms with E-state index in [4.69, 9.17) is 9.47 Å². The van der Waals surface area contributed by atoms with Gasteiger partial charge in [-0.1, -0.05) is 12.1 Å². The number of thiazole rings is 1. The molecule has 5 rings (SSSR count). The van der Waals surface area contributed by atoms with Crippen molar-refractivity contribution >= 4 is 33.3 Å². The normalized spacial score (nSPS) is 24.7. The number of anilines is 1. The Hall–Kier alpha value is -2.35. The van der Waals surface area contributed by atoms with Crippen molar-refractivity contribution in [2.75, 3.05) is 25.1 Å². The fourth-order valence-corrected chi connectivity index (χ4v) is 4.75. The van der Waals surface area contributed by atoms with Crippen molar-refractivity contribution in [3.8, 4) is 10.6 Å². The third-order valence-electron chi connectivity index (χ3n) is 5.23. The molecule has 0 bridgehead atoms. The van der Waals surface area contributed by atoms with Crippen molar-refractivity contribution in [3.63, 3.8) is 0 Å². The van der Waals surface area contributed by atoms with Gasteiger partial charge >= 0.3 is 0 Å². The topological polar surface area (TPSA) is 73.3 Å². The number of amides is 1. The largest absolute Gasteiger partial charge is 0.381 e. The standard InChI is InChI=1S/C20H19N3O3S/c24-19(18-14-7-8-25-10-13(14)11-26-18)23-17-6-5-12(9-21-17)20-22-15-3-1-2-4-16(15)27-20/h1-6,9,13-14,18H,7-8,10-11H2,(H,21,23,24). The second-order valence-electron chi connectivity index (χ2n) is 6.95. The Morgan fingerprint density at radius 3 is 2.96 bits per heavy atom. The molecular weight excluding hydrogens is 362 g/mol. The Kier molecular flexibility index (Phi) is 4.35. The molecule has 7 heteroatoms. The number of para-hydroxylation sites is 1. The Morgan fingerprint density at radius 1 is 1.19 bits per heavy atom. The number of carbonyl (C=O) groups is 1. The van der Waals surface area contributed by atoms with Crippen LogP contribution in [0.2, 0.25) is 0 Å². The molecule has 4 heterocycles. The highest BCUT2D eigenvalue weighted by Gasteiger charge is 2.43. The number of hydrogen-bond donors (Lipinski definition) is 1. The summed E-state index contributed by atoms with van der Waals surface area (Å²) in [5.41, 5.74) is 1.93. The second-order valence-corrected chi connectivity index (χ2v) is 7.98. The molecule has 3 aromatic rings. The number of aromatic nitrogens is 2. The maximum absolute atomic E-state index is 12.6. The van der Waals surface area contributed by atoms with E-state index in [1.54, 1.807) is 17.5 Å². The Bertz CT molecular complexity index is 939. The molecule has 2 aromatic heterocycles. The Labute approximate surface area is 160 Å². The highest BCUT2D eigenvalue weighted by atomic mass is 32.1. The number of benzene rings is 1. The fraction of sp³-hybridized carbons (Fsp3) is 0.350. The maximum atomic E-state index is 12.6. The van der Waals surface area contributed by atoms with Gasteiger partial charge < -0.3 is 14.8 Å². The first-order chi connectivity index (χ1) is 13.3. The molecule has 6 nitrogen and oxygen atoms in total. The van der Waals surface area contributed by atoms with E-state index >= 15 is 0 Å². The number of nitrogens with zero attached hydrogens (tertiary/aromatic N) is 2. The van der Waals surface area contributed by atoms with E-state index in [0.717, 1.165) is 27.2 Å². The summed E-state index contributed by atoms with van der Waals surface area (Å²) in [6.07, 6.45) is 2.21. The van der Waals surface area contributed by atoms with E-state index in [0.29, 0.717) is 31.6 Å². The van der Waals surface area contributed by atoms with Gasteiger partial charge in [-0.25, -0.2) is 9.97 Å². The Balaban J connectivity index is 1.29. The quantitative estimate of drug-likeness (QED) is 0.753. The number of rotatable bonds is 3. The molecule has 27 heavy (non-hydrogen) atoms. The third kappa shape index (κ3) is 3.22. The zero-order valence-electron chi connectivity index (χ0n) is 14.6. The minimum atomic E-state index is -0.412. The molecule has 2 aliphatic rings. The average molecular weight is 381 g/mol. The van der Waals surface area contributed by atoms with E-state index in [2.05, 4.69) is 21.4 Å². The average Bonchev–Trinajstić information content (AvgIpc) is 3.33. The van der Waals surface area contributed by atoms with Crippen molar-refractivity contribution < 1.29 is 14.3 Å². The van der Waals surface area contributed by atoms with Crippen LogP contribution in [0.4, 0.5) is 5.82 Å². The van der Waals surface area contributed by atoms with E-state index < -0.39 is 6.10 Å². The molecule has 2 aliphatic heterocycles. The van der Waals surface area contributed by atoms with Crippen LogP contribution in [-0.4, -0.2) is 41.8 Å². The van der Waals surface area contributed by atoms with Crippen LogP contribution < -0.4 is 5.32 Å². The number of nitrogens with one attached hydrogen (secondary N) is 1. The van der Waals surface area contributed by atoms with Crippen LogP contribution in [0.3, 0.4) is 0 Å². The van der Waals surface area contributed by atoms with Gasteiger partial charge in [-0.05, 0) is 30.7 Å². The maximum Gasteiger partial charge on any atom is 0.254 e. The summed E-state index contributed by atoms with van der Waals surface area (Å²) in [7, 11) is 0. The van der Waals surface area contributed by atoms with Gasteiger partial charge in [0.15, 0.2) is 0 Å². The van der Waals surface area contributed by atoms with Crippen LogP contribution in [0.5, 0.6) is 0 Å². The van der Waals surface area contributed by atoms with Crippen LogP contribution in [0.1, 0.15) is 6.42 Å². The second kappa shape index (κ2) is 6.99. The Morgan fingerprint density at radius 2 is 2.11 bits per heavy atom. The predicted octanol–water partition coefficient (Wildman–Crippen LogP) is 3.35. The molecule has 138 valence electrons. The van der Waals surface area contributed by atoms with Crippen LogP contribution in [0.15, 0.2) is 42.6 Å². The lowest BCUT2D eigenvalue weighted by molar-refractivity contribution is -0.126. The predicted molar refractivity (Wildman–Crippen MR) is 104 cm³/mol. The third-order valence-corrected chi connectivity index (χ3v) is 6.31. The smallest absolute Gasteiger partial charge is 0.254 e. The number of pyridine rings is 1. The molecule has 2 saturated heterocycles. The van der Waals surface area contributed by atoms with Crippen LogP contribution in [0.25, 0.3) is 20.8 Å². The monoisotopic (exact) mass is 381 g/mol. The lowest BCUT2D eigenvalue weighted by Gasteiger charge is -2.26. The van der Waals surface area contributed by atoms with Gasteiger partial charge in [0.05, 0.1) is 23.4 Å². The molecule has 3 unspecified atom stereocenters. The summed E-state index contributed by atoms with van der Waals surface area (Å²) in [6.45, 7) is 1.97. The fourth-order valence-electron chi connectivity index (χ4n) is 3.79. The minimum Gasteiger partial charge on any atom is -0.381 e. The summed E-state index contributed by atoms with van der Waals surface area (Å²) in [5, 5.41) is 3.81. The number of ether oxygens (including phenoxy) is 2. The van der Waals surface area contributed by atoms with Crippen LogP contribution in [0, 0.1) is 11.8 Å². The van der Waals surface area contributed by atoms with Crippen molar-refractivity contribution in [1.82, 2.24) is 9.97 Å². The summed E-state index contributed by atoms with van der Waals surface area (Å²) in [6, 6.07) is 11.8. The zero-order valence-corrected chi connectivity index (χ0v) is 15.4. The van der Waals surface area contributed by atoms with E-state index in [9.17, 15) is 4.79 Å². The lowest BCUT2D eigenvalue weighted by Crippen LogP contribution is -2.37. The lowest BCUT2D eigenvalue weighted by atomic mass is 9.86. The van der Waals surface area contributed by atoms with Gasteiger partial charge in [0.1, 0.15) is 16.9 Å². The SMILES string of the molecule is O=C(Nc1ccc(-c2nc3ccccc3s2)cn1)C1OCC2COCCC21. The van der Waals surface area contributed by atoms with Gasteiger partial charge in [0, 0.05) is 30.2 Å². The van der Waals surface area contributed by atoms with Crippen LogP contribution >= 0.6 is 11.3 Å². The van der Waals surface area contributed by atoms with Gasteiger partial charge in [-0.3, -0.25) is 4.79 Å². The van der Waals surface area contributed by atoms with Crippen molar-refractivity contribution in [2.45, 2.75) is 12.5 Å². The first-order valence-electron chi connectivity index (χ1n) is 9.10. The molecule has 1 amide bonds. The molecule has 1 aromatic carbocycles. The number of carbonyl (C=O) groups excluding carboxylic acids is 1. The van der Waals surface area contributed by atoms with Crippen molar-refractivity contribution in [2.24, 2.45) is 11.8 Å². The van der Waals surface area contributed by atoms with Crippen LogP contribution in [-0.2, 0) is 14.3 Å². The number of fused-ring (bicyclic) bond motifs is 2. The molecule has 3 atom stereocenters. The summed E-state index contributed by atoms with van der Waals surface area (Å²) >= 11 is 1.63. The first-order valence-corrected chi connectivity index (χ1v) is 9.92. The van der Waals surface area contributed by atoms with Gasteiger partial charge in [0.25, 0.3) is 5.91 Å². The van der Waals surface area contributed by atoms with E-state index in [1.807, 2.05) is 30.3 Å². The van der Waals surface area contributed by atoms with Crippen molar-refractivity contribution in [1.29, 1.82) is 0 Å². The van der Waals surface area contributed by atoms with Gasteiger partial charge in [-0.15, -0.1) is 11.3 Å². The number of hydrogen-bond acceptors (Lipinski definition) is 6. The highest BCUT2D eigenvalue weighted by Crippen LogP contribution is 2.34. The molecule has 0 radical (unpaired) electrons. The van der Waals surface area contributed by atoms with Gasteiger partial charge in [-0.2, -0.15) is 0 Å². The molecule has 1 N–H and O–H groups in total. The summed E-state index contributed by atoms with van der Waals surface area (Å²) in [5.74, 6) is 0.971. The highest BCUT2D eigenvalue weighted by molar-refractivity contribution is 7.21. The molecule has 2 fully saturated rings. The van der Waals surface area contributed by atoms with Crippen molar-refractivity contribution in [3.05, 3.63) is 42.6 Å². The zero-order chi connectivity index (χ0) is 18.2. The summed E-state index contributed by atoms with van der Waals surface area (Å²) < 4.78 is 12.4.